The summed E-state index contributed by atoms with van der Waals surface area (Å²) in [4.78, 5) is 11.6. The van der Waals surface area contributed by atoms with Crippen molar-refractivity contribution in [2.75, 3.05) is 11.6 Å². The van der Waals surface area contributed by atoms with Crippen LogP contribution in [0.3, 0.4) is 0 Å². The van der Waals surface area contributed by atoms with Crippen LogP contribution in [0.2, 0.25) is 0 Å². The summed E-state index contributed by atoms with van der Waals surface area (Å²) in [7, 11) is 0. The first-order valence-corrected chi connectivity index (χ1v) is 4.91. The molecule has 1 rings (SSSR count). The first-order valence-electron chi connectivity index (χ1n) is 4.91. The lowest BCUT2D eigenvalue weighted by molar-refractivity contribution is -0.114. The zero-order valence-corrected chi connectivity index (χ0v) is 8.89. The van der Waals surface area contributed by atoms with E-state index in [1.807, 2.05) is 24.3 Å². The van der Waals surface area contributed by atoms with Gasteiger partial charge in [0.1, 0.15) is 0 Å². The Labute approximate surface area is 94.8 Å². The summed E-state index contributed by atoms with van der Waals surface area (Å²) in [5.41, 5.74) is 3.60. The molecule has 0 unspecified atom stereocenters. The van der Waals surface area contributed by atoms with E-state index in [0.717, 1.165) is 5.69 Å². The van der Waals surface area contributed by atoms with E-state index in [1.165, 1.54) is 11.1 Å². The third kappa shape index (κ3) is 3.23. The number of para-hydroxylation sites is 1. The topological polar surface area (TPSA) is 56.1 Å². The molecule has 0 saturated carbocycles. The van der Waals surface area contributed by atoms with Crippen molar-refractivity contribution in [1.29, 1.82) is 5.26 Å². The van der Waals surface area contributed by atoms with Crippen LogP contribution in [0.4, 0.5) is 5.69 Å². The molecule has 0 aliphatic heterocycles. The van der Waals surface area contributed by atoms with Crippen LogP contribution in [-0.2, 0) is 4.79 Å². The van der Waals surface area contributed by atoms with Gasteiger partial charge in [0.05, 0.1) is 11.8 Å². The van der Waals surface area contributed by atoms with Gasteiger partial charge in [-0.05, 0) is 18.2 Å². The van der Waals surface area contributed by atoms with Crippen molar-refractivity contribution in [3.8, 4) is 6.07 Å². The molecule has 0 aliphatic rings. The fourth-order valence-corrected chi connectivity index (χ4v) is 1.19. The van der Waals surface area contributed by atoms with Crippen LogP contribution >= 0.6 is 0 Å². The molecule has 0 fully saturated rings. The maximum absolute atomic E-state index is 11.6. The number of nitrogens with one attached hydrogen (secondary N) is 1. The van der Waals surface area contributed by atoms with E-state index in [1.54, 1.807) is 12.1 Å². The lowest BCUT2D eigenvalue weighted by atomic mass is 10.3. The second-order valence-electron chi connectivity index (χ2n) is 3.03. The molecule has 0 aromatic heterocycles. The van der Waals surface area contributed by atoms with Crippen LogP contribution in [-0.4, -0.2) is 12.5 Å². The van der Waals surface area contributed by atoms with E-state index >= 15 is 0 Å². The summed E-state index contributed by atoms with van der Waals surface area (Å²) >= 11 is 0. The molecule has 82 valence electrons. The predicted octanol–water partition coefficient (Wildman–Crippen LogP) is 1.62. The van der Waals surface area contributed by atoms with Gasteiger partial charge >= 0.3 is 0 Å². The summed E-state index contributed by atoms with van der Waals surface area (Å²) < 4.78 is 0. The molecule has 1 aromatic carbocycles. The normalized spacial score (nSPS) is 9.19. The molecule has 4 nitrogen and oxygen atoms in total. The summed E-state index contributed by atoms with van der Waals surface area (Å²) in [6, 6.07) is 11.2. The van der Waals surface area contributed by atoms with Crippen LogP contribution in [0.25, 0.3) is 0 Å². The van der Waals surface area contributed by atoms with Gasteiger partial charge in [-0.15, -0.1) is 0 Å². The van der Waals surface area contributed by atoms with E-state index in [9.17, 15) is 4.79 Å². The summed E-state index contributed by atoms with van der Waals surface area (Å²) in [6.45, 7) is 3.86. The molecule has 0 saturated heterocycles. The largest absolute Gasteiger partial charge is 0.268 e. The number of carbonyl (C=O) groups is 1. The molecule has 1 aromatic rings. The van der Waals surface area contributed by atoms with Crippen LogP contribution in [0.15, 0.2) is 43.0 Å². The third-order valence-corrected chi connectivity index (χ3v) is 1.92. The van der Waals surface area contributed by atoms with Crippen molar-refractivity contribution in [2.45, 2.75) is 6.42 Å². The first-order chi connectivity index (χ1) is 7.79. The number of benzene rings is 1. The van der Waals surface area contributed by atoms with Gasteiger partial charge < -0.3 is 0 Å². The van der Waals surface area contributed by atoms with Gasteiger partial charge in [-0.25, -0.2) is 10.4 Å². The minimum absolute atomic E-state index is 0.246. The van der Waals surface area contributed by atoms with Crippen molar-refractivity contribution in [3.05, 3.63) is 43.0 Å². The Bertz CT molecular complexity index is 394. The fourth-order valence-electron chi connectivity index (χ4n) is 1.19. The SMILES string of the molecule is C=CC(=O)N(NCCC#N)c1ccccc1. The Hall–Kier alpha value is -2.12. The van der Waals surface area contributed by atoms with Gasteiger partial charge in [-0.2, -0.15) is 5.26 Å². The molecule has 0 bridgehead atoms. The first kappa shape index (κ1) is 12.0. The third-order valence-electron chi connectivity index (χ3n) is 1.92. The highest BCUT2D eigenvalue weighted by atomic mass is 16.2. The number of anilines is 1. The minimum Gasteiger partial charge on any atom is -0.268 e. The summed E-state index contributed by atoms with van der Waals surface area (Å²) in [5, 5.41) is 9.81. The number of carbonyl (C=O) groups excluding carboxylic acids is 1. The highest BCUT2D eigenvalue weighted by molar-refractivity contribution is 6.00. The maximum Gasteiger partial charge on any atom is 0.264 e. The Morgan fingerprint density at radius 2 is 2.19 bits per heavy atom. The summed E-state index contributed by atoms with van der Waals surface area (Å²) in [5.74, 6) is -0.246. The van der Waals surface area contributed by atoms with Gasteiger partial charge in [-0.1, -0.05) is 24.8 Å². The highest BCUT2D eigenvalue weighted by Gasteiger charge is 2.10. The Kier molecular flexibility index (Phi) is 4.77. The molecule has 1 amide bonds. The molecule has 0 spiro atoms. The molecule has 1 N–H and O–H groups in total. The Morgan fingerprint density at radius 1 is 1.50 bits per heavy atom. The van der Waals surface area contributed by atoms with Crippen molar-refractivity contribution < 1.29 is 4.79 Å². The Balaban J connectivity index is 2.76. The monoisotopic (exact) mass is 215 g/mol. The fraction of sp³-hybridized carbons (Fsp3) is 0.167. The Morgan fingerprint density at radius 3 is 2.75 bits per heavy atom. The standard InChI is InChI=1S/C12H13N3O/c1-2-12(16)15(14-10-6-9-13)11-7-4-3-5-8-11/h2-5,7-8,14H,1,6,10H2. The molecule has 16 heavy (non-hydrogen) atoms. The van der Waals surface area contributed by atoms with Crippen LogP contribution in [0, 0.1) is 11.3 Å². The number of nitrogens with zero attached hydrogens (tertiary/aromatic N) is 2. The molecular weight excluding hydrogens is 202 g/mol. The van der Waals surface area contributed by atoms with E-state index in [0.29, 0.717) is 13.0 Å². The van der Waals surface area contributed by atoms with Crippen LogP contribution in [0.5, 0.6) is 0 Å². The lowest BCUT2D eigenvalue weighted by Gasteiger charge is -2.21. The predicted molar refractivity (Wildman–Crippen MR) is 62.4 cm³/mol. The average Bonchev–Trinajstić information content (AvgIpc) is 2.35. The van der Waals surface area contributed by atoms with Gasteiger partial charge in [0, 0.05) is 13.0 Å². The number of amides is 1. The summed E-state index contributed by atoms with van der Waals surface area (Å²) in [6.07, 6.45) is 1.57. The molecule has 0 aliphatic carbocycles. The lowest BCUT2D eigenvalue weighted by Crippen LogP contribution is -2.42. The zero-order chi connectivity index (χ0) is 11.8. The van der Waals surface area contributed by atoms with E-state index in [2.05, 4.69) is 12.0 Å². The number of hydrogen-bond acceptors (Lipinski definition) is 3. The van der Waals surface area contributed by atoms with Crippen molar-refractivity contribution >= 4 is 11.6 Å². The van der Waals surface area contributed by atoms with Gasteiger partial charge in [0.2, 0.25) is 0 Å². The average molecular weight is 215 g/mol. The molecular formula is C12H13N3O. The van der Waals surface area contributed by atoms with Crippen LogP contribution in [0.1, 0.15) is 6.42 Å². The molecule has 4 heteroatoms. The van der Waals surface area contributed by atoms with E-state index < -0.39 is 0 Å². The van der Waals surface area contributed by atoms with Crippen molar-refractivity contribution in [3.63, 3.8) is 0 Å². The molecule has 0 radical (unpaired) electrons. The van der Waals surface area contributed by atoms with Gasteiger partial charge in [0.25, 0.3) is 5.91 Å². The van der Waals surface area contributed by atoms with E-state index in [4.69, 9.17) is 5.26 Å². The molecule has 0 heterocycles. The van der Waals surface area contributed by atoms with Crippen LogP contribution < -0.4 is 10.4 Å². The highest BCUT2D eigenvalue weighted by Crippen LogP contribution is 2.11. The van der Waals surface area contributed by atoms with Crippen molar-refractivity contribution in [1.82, 2.24) is 5.43 Å². The molecule has 0 atom stereocenters. The second kappa shape index (κ2) is 6.38. The van der Waals surface area contributed by atoms with Gasteiger partial charge in [-0.3, -0.25) is 4.79 Å². The smallest absolute Gasteiger partial charge is 0.264 e. The number of nitriles is 1. The van der Waals surface area contributed by atoms with E-state index in [-0.39, 0.29) is 5.91 Å². The van der Waals surface area contributed by atoms with Gasteiger partial charge in [0.15, 0.2) is 0 Å². The quantitative estimate of drug-likeness (QED) is 0.461. The maximum atomic E-state index is 11.6. The minimum atomic E-state index is -0.246. The zero-order valence-electron chi connectivity index (χ0n) is 8.89. The number of hydrazine groups is 1. The van der Waals surface area contributed by atoms with Crippen molar-refractivity contribution in [2.24, 2.45) is 0 Å². The second-order valence-corrected chi connectivity index (χ2v) is 3.03. The number of hydrogen-bond donors (Lipinski definition) is 1. The number of rotatable bonds is 5.